The topological polar surface area (TPSA) is 87.9 Å². The number of aliphatic hydroxyl groups is 1. The van der Waals surface area contributed by atoms with Crippen LogP contribution < -0.4 is 0 Å². The first-order chi connectivity index (χ1) is 10.9. The van der Waals surface area contributed by atoms with E-state index in [9.17, 15) is 13.5 Å². The molecule has 9 heteroatoms. The van der Waals surface area contributed by atoms with Crippen LogP contribution in [0.3, 0.4) is 0 Å². The van der Waals surface area contributed by atoms with Gasteiger partial charge in [-0.25, -0.2) is 8.42 Å². The molecule has 0 aliphatic carbocycles. The lowest BCUT2D eigenvalue weighted by atomic mass is 10.2. The van der Waals surface area contributed by atoms with Crippen molar-refractivity contribution in [2.75, 3.05) is 39.4 Å². The molecule has 3 rings (SSSR count). The summed E-state index contributed by atoms with van der Waals surface area (Å²) in [6.45, 7) is 7.43. The molecule has 0 radical (unpaired) electrons. The number of nitrogens with zero attached hydrogens (tertiary/aromatic N) is 4. The minimum Gasteiger partial charge on any atom is -0.390 e. The molecule has 0 bridgehead atoms. The number of sulfonamides is 1. The van der Waals surface area contributed by atoms with Crippen LogP contribution in [0.15, 0.2) is 11.1 Å². The predicted octanol–water partition coefficient (Wildman–Crippen LogP) is -0.723. The summed E-state index contributed by atoms with van der Waals surface area (Å²) in [6, 6.07) is -0.171. The number of aromatic nitrogens is 2. The number of ether oxygens (including phenoxy) is 1. The van der Waals surface area contributed by atoms with Gasteiger partial charge in [-0.3, -0.25) is 9.58 Å². The van der Waals surface area contributed by atoms with Crippen LogP contribution in [-0.2, 0) is 21.3 Å². The SMILES string of the molecule is CCn1ncc(S(=O)(=O)N2C[C@@H](O)[C@H](N3CCOCC3)C2)c1C. The van der Waals surface area contributed by atoms with Gasteiger partial charge in [-0.05, 0) is 13.8 Å². The van der Waals surface area contributed by atoms with E-state index in [4.69, 9.17) is 4.74 Å². The lowest BCUT2D eigenvalue weighted by Crippen LogP contribution is -2.49. The van der Waals surface area contributed by atoms with Crippen molar-refractivity contribution in [2.24, 2.45) is 0 Å². The lowest BCUT2D eigenvalue weighted by molar-refractivity contribution is -0.00602. The smallest absolute Gasteiger partial charge is 0.246 e. The molecule has 1 aromatic heterocycles. The Morgan fingerprint density at radius 1 is 1.35 bits per heavy atom. The van der Waals surface area contributed by atoms with Crippen molar-refractivity contribution in [3.63, 3.8) is 0 Å². The van der Waals surface area contributed by atoms with Crippen LogP contribution in [0, 0.1) is 6.92 Å². The van der Waals surface area contributed by atoms with Crippen LogP contribution in [-0.4, -0.2) is 84.0 Å². The second-order valence-corrected chi connectivity index (χ2v) is 7.92. The highest BCUT2D eigenvalue weighted by Crippen LogP contribution is 2.26. The van der Waals surface area contributed by atoms with Gasteiger partial charge in [-0.2, -0.15) is 9.40 Å². The molecule has 0 saturated carbocycles. The van der Waals surface area contributed by atoms with Crippen LogP contribution in [0.1, 0.15) is 12.6 Å². The van der Waals surface area contributed by atoms with Gasteiger partial charge in [-0.15, -0.1) is 0 Å². The Hall–Kier alpha value is -1.00. The van der Waals surface area contributed by atoms with E-state index in [1.165, 1.54) is 10.5 Å². The summed E-state index contributed by atoms with van der Waals surface area (Å²) < 4.78 is 34.1. The Labute approximate surface area is 136 Å². The maximum atomic E-state index is 12.9. The molecule has 8 nitrogen and oxygen atoms in total. The number of hydrogen-bond acceptors (Lipinski definition) is 6. The minimum absolute atomic E-state index is 0.126. The molecule has 2 atom stereocenters. The largest absolute Gasteiger partial charge is 0.390 e. The molecule has 1 aromatic rings. The van der Waals surface area contributed by atoms with Gasteiger partial charge in [0.2, 0.25) is 10.0 Å². The fourth-order valence-corrected chi connectivity index (χ4v) is 4.98. The van der Waals surface area contributed by atoms with E-state index in [0.29, 0.717) is 32.0 Å². The summed E-state index contributed by atoms with van der Waals surface area (Å²) in [7, 11) is -3.63. The first kappa shape index (κ1) is 16.8. The molecule has 2 saturated heterocycles. The molecule has 130 valence electrons. The Bertz CT molecular complexity index is 654. The van der Waals surface area contributed by atoms with Crippen molar-refractivity contribution in [2.45, 2.75) is 37.4 Å². The van der Waals surface area contributed by atoms with Crippen molar-refractivity contribution < 1.29 is 18.3 Å². The minimum atomic E-state index is -3.63. The third kappa shape index (κ3) is 3.03. The third-order valence-electron chi connectivity index (χ3n) is 4.72. The Morgan fingerprint density at radius 2 is 2.04 bits per heavy atom. The first-order valence-electron chi connectivity index (χ1n) is 7.97. The summed E-state index contributed by atoms with van der Waals surface area (Å²) in [6.07, 6.45) is 0.729. The summed E-state index contributed by atoms with van der Waals surface area (Å²) in [5, 5.41) is 14.5. The van der Waals surface area contributed by atoms with Gasteiger partial charge in [0.05, 0.1) is 37.3 Å². The van der Waals surface area contributed by atoms with Crippen molar-refractivity contribution in [3.05, 3.63) is 11.9 Å². The quantitative estimate of drug-likeness (QED) is 0.775. The Morgan fingerprint density at radius 3 is 2.65 bits per heavy atom. The van der Waals surface area contributed by atoms with E-state index in [-0.39, 0.29) is 17.5 Å². The molecular weight excluding hydrogens is 320 g/mol. The van der Waals surface area contributed by atoms with Crippen molar-refractivity contribution >= 4 is 10.0 Å². The van der Waals surface area contributed by atoms with Crippen LogP contribution in [0.4, 0.5) is 0 Å². The molecule has 2 aliphatic rings. The average molecular weight is 344 g/mol. The van der Waals surface area contributed by atoms with Crippen LogP contribution in [0.5, 0.6) is 0 Å². The molecule has 1 N–H and O–H groups in total. The third-order valence-corrected chi connectivity index (χ3v) is 6.65. The van der Waals surface area contributed by atoms with Crippen molar-refractivity contribution in [3.8, 4) is 0 Å². The highest BCUT2D eigenvalue weighted by Gasteiger charge is 2.42. The molecule has 2 fully saturated rings. The maximum Gasteiger partial charge on any atom is 0.246 e. The Kier molecular flexibility index (Phi) is 4.75. The lowest BCUT2D eigenvalue weighted by Gasteiger charge is -2.33. The normalized spacial score (nSPS) is 27.6. The second-order valence-electron chi connectivity index (χ2n) is 6.02. The zero-order valence-electron chi connectivity index (χ0n) is 13.6. The zero-order chi connectivity index (χ0) is 16.6. The van der Waals surface area contributed by atoms with Gasteiger partial charge in [0.1, 0.15) is 4.90 Å². The standard InChI is InChI=1S/C14H24N4O4S/c1-3-18-11(2)14(8-15-18)23(20,21)17-9-12(13(19)10-17)16-4-6-22-7-5-16/h8,12-13,19H,3-7,9-10H2,1-2H3/t12-,13-/m1/s1. The van der Waals surface area contributed by atoms with Gasteiger partial charge in [-0.1, -0.05) is 0 Å². The summed E-state index contributed by atoms with van der Waals surface area (Å²) in [5.74, 6) is 0. The van der Waals surface area contributed by atoms with Gasteiger partial charge in [0, 0.05) is 32.7 Å². The predicted molar refractivity (Wildman–Crippen MR) is 83.6 cm³/mol. The van der Waals surface area contributed by atoms with E-state index >= 15 is 0 Å². The molecule has 0 aromatic carbocycles. The molecular formula is C14H24N4O4S. The molecule has 3 heterocycles. The molecule has 0 amide bonds. The van der Waals surface area contributed by atoms with E-state index in [0.717, 1.165) is 13.1 Å². The van der Waals surface area contributed by atoms with Gasteiger partial charge in [0.25, 0.3) is 0 Å². The van der Waals surface area contributed by atoms with Crippen LogP contribution in [0.25, 0.3) is 0 Å². The van der Waals surface area contributed by atoms with Crippen LogP contribution in [0.2, 0.25) is 0 Å². The van der Waals surface area contributed by atoms with E-state index in [1.54, 1.807) is 11.6 Å². The fraction of sp³-hybridized carbons (Fsp3) is 0.786. The number of β-amino-alcohol motifs (C(OH)–C–C–N with tert-alkyl or cyclic N) is 1. The number of morpholine rings is 1. The van der Waals surface area contributed by atoms with Gasteiger partial charge in [0.15, 0.2) is 0 Å². The number of hydrogen-bond donors (Lipinski definition) is 1. The van der Waals surface area contributed by atoms with E-state index in [2.05, 4.69) is 10.00 Å². The van der Waals surface area contributed by atoms with E-state index < -0.39 is 16.1 Å². The molecule has 0 spiro atoms. The molecule has 0 unspecified atom stereocenters. The van der Waals surface area contributed by atoms with Crippen LogP contribution >= 0.6 is 0 Å². The number of aliphatic hydroxyl groups excluding tert-OH is 1. The average Bonchev–Trinajstić information content (AvgIpc) is 3.11. The van der Waals surface area contributed by atoms with Crippen molar-refractivity contribution in [1.29, 1.82) is 0 Å². The first-order valence-corrected chi connectivity index (χ1v) is 9.41. The fourth-order valence-electron chi connectivity index (χ4n) is 3.34. The maximum absolute atomic E-state index is 12.9. The second kappa shape index (κ2) is 6.48. The van der Waals surface area contributed by atoms with E-state index in [1.807, 2.05) is 6.92 Å². The molecule has 2 aliphatic heterocycles. The zero-order valence-corrected chi connectivity index (χ0v) is 14.4. The van der Waals surface area contributed by atoms with Crippen molar-refractivity contribution in [1.82, 2.24) is 19.0 Å². The van der Waals surface area contributed by atoms with Gasteiger partial charge < -0.3 is 9.84 Å². The Balaban J connectivity index is 1.80. The number of aryl methyl sites for hydroxylation is 1. The summed E-state index contributed by atoms with van der Waals surface area (Å²) >= 11 is 0. The highest BCUT2D eigenvalue weighted by molar-refractivity contribution is 7.89. The van der Waals surface area contributed by atoms with Gasteiger partial charge >= 0.3 is 0 Å². The summed E-state index contributed by atoms with van der Waals surface area (Å²) in [4.78, 5) is 2.35. The summed E-state index contributed by atoms with van der Waals surface area (Å²) in [5.41, 5.74) is 0.636. The highest BCUT2D eigenvalue weighted by atomic mass is 32.2. The number of rotatable bonds is 4. The molecule has 23 heavy (non-hydrogen) atoms. The monoisotopic (exact) mass is 344 g/mol.